The molecule has 1 unspecified atom stereocenters. The Balaban J connectivity index is 1.55. The summed E-state index contributed by atoms with van der Waals surface area (Å²) in [6, 6.07) is 12.1. The Kier molecular flexibility index (Phi) is 8.41. The molecule has 0 spiro atoms. The van der Waals surface area contributed by atoms with E-state index in [0.29, 0.717) is 36.9 Å². The van der Waals surface area contributed by atoms with Crippen molar-refractivity contribution < 1.29 is 32.9 Å². The van der Waals surface area contributed by atoms with E-state index in [1.54, 1.807) is 36.4 Å². The van der Waals surface area contributed by atoms with E-state index in [0.717, 1.165) is 18.4 Å². The lowest BCUT2D eigenvalue weighted by Gasteiger charge is -2.25. The number of ether oxygens (including phenoxy) is 3. The third-order valence-electron chi connectivity index (χ3n) is 5.28. The number of methoxy groups -OCH3 is 1. The number of aliphatic hydroxyl groups is 1. The Bertz CT molecular complexity index is 886. The van der Waals surface area contributed by atoms with Gasteiger partial charge in [-0.25, -0.2) is 0 Å². The van der Waals surface area contributed by atoms with Crippen LogP contribution in [0.2, 0.25) is 0 Å². The number of rotatable bonds is 13. The van der Waals surface area contributed by atoms with Crippen LogP contribution in [0.25, 0.3) is 0 Å². The summed E-state index contributed by atoms with van der Waals surface area (Å²) in [6.45, 7) is -0.0306. The molecule has 1 saturated carbocycles. The van der Waals surface area contributed by atoms with E-state index in [1.165, 1.54) is 13.2 Å². The molecule has 0 amide bonds. The van der Waals surface area contributed by atoms with Crippen LogP contribution in [0.15, 0.2) is 42.5 Å². The summed E-state index contributed by atoms with van der Waals surface area (Å²) in [7, 11) is 1.40. The van der Waals surface area contributed by atoms with Gasteiger partial charge in [-0.1, -0.05) is 13.0 Å². The topological polar surface area (TPSA) is 68.2 Å². The van der Waals surface area contributed by atoms with Gasteiger partial charge >= 0.3 is 6.61 Å². The number of carbonyl (C=O) groups excluding carboxylic acids is 1. The van der Waals surface area contributed by atoms with E-state index in [4.69, 9.17) is 9.47 Å². The molecule has 1 N–H and O–H groups in total. The van der Waals surface area contributed by atoms with Crippen molar-refractivity contribution in [2.45, 2.75) is 51.5 Å². The highest BCUT2D eigenvalue weighted by atomic mass is 19.3. The molecule has 8 heteroatoms. The molecule has 1 aliphatic carbocycles. The Morgan fingerprint density at radius 1 is 1.16 bits per heavy atom. The lowest BCUT2D eigenvalue weighted by Crippen LogP contribution is -2.36. The third-order valence-corrected chi connectivity index (χ3v) is 5.28. The van der Waals surface area contributed by atoms with Crippen LogP contribution in [0.1, 0.15) is 42.1 Å². The van der Waals surface area contributed by atoms with Crippen molar-refractivity contribution >= 4 is 5.78 Å². The van der Waals surface area contributed by atoms with Crippen molar-refractivity contribution in [3.63, 3.8) is 0 Å². The largest absolute Gasteiger partial charge is 0.493 e. The number of ketones is 1. The summed E-state index contributed by atoms with van der Waals surface area (Å²) < 4.78 is 40.4. The van der Waals surface area contributed by atoms with Gasteiger partial charge in [0.15, 0.2) is 17.3 Å². The Hall–Kier alpha value is -2.71. The molecule has 0 radical (unpaired) electrons. The summed E-state index contributed by atoms with van der Waals surface area (Å²) in [6.07, 6.45) is 1.83. The number of hydrogen-bond acceptors (Lipinski definition) is 6. The third kappa shape index (κ3) is 6.90. The zero-order valence-corrected chi connectivity index (χ0v) is 18.3. The Morgan fingerprint density at radius 2 is 1.88 bits per heavy atom. The second kappa shape index (κ2) is 11.2. The van der Waals surface area contributed by atoms with Crippen LogP contribution >= 0.6 is 0 Å². The molecular formula is C24H29F2NO5. The van der Waals surface area contributed by atoms with Crippen molar-refractivity contribution in [1.29, 1.82) is 0 Å². The molecule has 2 aromatic carbocycles. The maximum absolute atomic E-state index is 12.5. The fourth-order valence-electron chi connectivity index (χ4n) is 3.48. The van der Waals surface area contributed by atoms with Gasteiger partial charge < -0.3 is 19.3 Å². The van der Waals surface area contributed by atoms with E-state index < -0.39 is 12.7 Å². The van der Waals surface area contributed by atoms with Crippen LogP contribution in [-0.2, 0) is 6.54 Å². The predicted octanol–water partition coefficient (Wildman–Crippen LogP) is 4.29. The van der Waals surface area contributed by atoms with E-state index in [-0.39, 0.29) is 23.9 Å². The molecule has 1 atom stereocenters. The number of benzene rings is 2. The monoisotopic (exact) mass is 449 g/mol. The van der Waals surface area contributed by atoms with Gasteiger partial charge in [0, 0.05) is 31.1 Å². The average Bonchev–Trinajstić information content (AvgIpc) is 3.63. The first-order chi connectivity index (χ1) is 15.4. The molecule has 0 saturated heterocycles. The first-order valence-electron chi connectivity index (χ1n) is 10.7. The van der Waals surface area contributed by atoms with Crippen molar-refractivity contribution in [2.24, 2.45) is 0 Å². The van der Waals surface area contributed by atoms with Crippen LogP contribution in [0.5, 0.6) is 17.2 Å². The average molecular weight is 449 g/mol. The quantitative estimate of drug-likeness (QED) is 0.460. The fourth-order valence-corrected chi connectivity index (χ4v) is 3.48. The van der Waals surface area contributed by atoms with E-state index in [2.05, 4.69) is 9.64 Å². The SMILES string of the molecule is CCC(=O)c1ccc(OCC(O)CN(Cc2ccc(OC(F)F)c(OC)c2)C2CC2)cc1. The van der Waals surface area contributed by atoms with Crippen LogP contribution < -0.4 is 14.2 Å². The zero-order valence-electron chi connectivity index (χ0n) is 18.3. The van der Waals surface area contributed by atoms with Crippen LogP contribution in [0, 0.1) is 0 Å². The normalized spacial score (nSPS) is 14.5. The standard InChI is InChI=1S/C24H29F2NO5/c1-3-21(29)17-5-9-20(10-6-17)31-15-19(28)14-27(18-7-8-18)13-16-4-11-22(32-24(25)26)23(12-16)30-2/h4-6,9-12,18-19,24,28H,3,7-8,13-15H2,1-2H3. The minimum absolute atomic E-state index is 0.00990. The van der Waals surface area contributed by atoms with Gasteiger partial charge in [0.25, 0.3) is 0 Å². The van der Waals surface area contributed by atoms with Gasteiger partial charge in [-0.15, -0.1) is 0 Å². The number of alkyl halides is 2. The van der Waals surface area contributed by atoms with Gasteiger partial charge in [-0.3, -0.25) is 9.69 Å². The van der Waals surface area contributed by atoms with Crippen molar-refractivity contribution in [1.82, 2.24) is 4.90 Å². The first-order valence-corrected chi connectivity index (χ1v) is 10.7. The number of carbonyl (C=O) groups is 1. The Morgan fingerprint density at radius 3 is 2.47 bits per heavy atom. The lowest BCUT2D eigenvalue weighted by molar-refractivity contribution is -0.0512. The van der Waals surface area contributed by atoms with Crippen molar-refractivity contribution in [3.8, 4) is 17.2 Å². The van der Waals surface area contributed by atoms with Gasteiger partial charge in [0.2, 0.25) is 0 Å². The molecule has 0 bridgehead atoms. The molecule has 2 aromatic rings. The van der Waals surface area contributed by atoms with Crippen molar-refractivity contribution in [2.75, 3.05) is 20.3 Å². The molecule has 6 nitrogen and oxygen atoms in total. The number of hydrogen-bond donors (Lipinski definition) is 1. The minimum atomic E-state index is -2.92. The van der Waals surface area contributed by atoms with E-state index in [9.17, 15) is 18.7 Å². The number of nitrogens with zero attached hydrogens (tertiary/aromatic N) is 1. The van der Waals surface area contributed by atoms with Gasteiger partial charge in [-0.05, 0) is 54.8 Å². The second-order valence-corrected chi connectivity index (χ2v) is 7.79. The molecule has 0 aliphatic heterocycles. The van der Waals surface area contributed by atoms with Crippen LogP contribution in [0.4, 0.5) is 8.78 Å². The molecule has 0 heterocycles. The highest BCUT2D eigenvalue weighted by Gasteiger charge is 2.30. The fraction of sp³-hybridized carbons (Fsp3) is 0.458. The molecule has 1 aliphatic rings. The van der Waals surface area contributed by atoms with E-state index >= 15 is 0 Å². The maximum atomic E-state index is 12.5. The van der Waals surface area contributed by atoms with Gasteiger partial charge in [-0.2, -0.15) is 8.78 Å². The molecule has 1 fully saturated rings. The molecule has 0 aromatic heterocycles. The van der Waals surface area contributed by atoms with Gasteiger partial charge in [0.1, 0.15) is 18.5 Å². The molecule has 32 heavy (non-hydrogen) atoms. The van der Waals surface area contributed by atoms with Gasteiger partial charge in [0.05, 0.1) is 7.11 Å². The van der Waals surface area contributed by atoms with Crippen LogP contribution in [0.3, 0.4) is 0 Å². The number of Topliss-reactive ketones (excluding diaryl/α,β-unsaturated/α-hetero) is 1. The maximum Gasteiger partial charge on any atom is 0.387 e. The molecular weight excluding hydrogens is 420 g/mol. The Labute approximate surface area is 186 Å². The highest BCUT2D eigenvalue weighted by molar-refractivity contribution is 5.95. The highest BCUT2D eigenvalue weighted by Crippen LogP contribution is 2.32. The summed E-state index contributed by atoms with van der Waals surface area (Å²) in [5.41, 5.74) is 1.51. The summed E-state index contributed by atoms with van der Waals surface area (Å²) >= 11 is 0. The lowest BCUT2D eigenvalue weighted by atomic mass is 10.1. The van der Waals surface area contributed by atoms with Crippen LogP contribution in [-0.4, -0.2) is 54.8 Å². The first kappa shape index (κ1) is 23.9. The van der Waals surface area contributed by atoms with Crippen molar-refractivity contribution in [3.05, 3.63) is 53.6 Å². The smallest absolute Gasteiger partial charge is 0.387 e. The zero-order chi connectivity index (χ0) is 23.1. The second-order valence-electron chi connectivity index (χ2n) is 7.79. The number of halogens is 2. The molecule has 174 valence electrons. The molecule has 3 rings (SSSR count). The summed E-state index contributed by atoms with van der Waals surface area (Å²) in [4.78, 5) is 13.9. The summed E-state index contributed by atoms with van der Waals surface area (Å²) in [5, 5.41) is 10.5. The predicted molar refractivity (Wildman–Crippen MR) is 116 cm³/mol. The number of aliphatic hydroxyl groups excluding tert-OH is 1. The van der Waals surface area contributed by atoms with E-state index in [1.807, 2.05) is 6.92 Å². The summed E-state index contributed by atoms with van der Waals surface area (Å²) in [5.74, 6) is 0.896. The minimum Gasteiger partial charge on any atom is -0.493 e.